The summed E-state index contributed by atoms with van der Waals surface area (Å²) < 4.78 is 18.7. The number of nitriles is 1. The van der Waals surface area contributed by atoms with E-state index in [9.17, 15) is 9.65 Å². The van der Waals surface area contributed by atoms with Crippen molar-refractivity contribution in [2.45, 2.75) is 0 Å². The van der Waals surface area contributed by atoms with E-state index in [1.165, 1.54) is 12.1 Å². The summed E-state index contributed by atoms with van der Waals surface area (Å²) in [5.41, 5.74) is 12.4. The van der Waals surface area contributed by atoms with Gasteiger partial charge in [-0.1, -0.05) is 6.07 Å². The minimum Gasteiger partial charge on any atom is -0.457 e. The zero-order valence-electron chi connectivity index (χ0n) is 12.4. The van der Waals surface area contributed by atoms with Crippen LogP contribution in [-0.2, 0) is 0 Å². The van der Waals surface area contributed by atoms with Gasteiger partial charge in [0, 0.05) is 11.6 Å². The highest BCUT2D eigenvalue weighted by atomic mass is 19.1. The summed E-state index contributed by atoms with van der Waals surface area (Å²) in [5, 5.41) is 9.22. The molecule has 24 heavy (non-hydrogen) atoms. The molecule has 0 saturated carbocycles. The normalized spacial score (nSPS) is 10.2. The Hall–Kier alpha value is -3.66. The molecule has 0 aliphatic rings. The molecule has 0 spiro atoms. The van der Waals surface area contributed by atoms with Crippen LogP contribution in [-0.4, -0.2) is 9.97 Å². The van der Waals surface area contributed by atoms with E-state index in [4.69, 9.17) is 16.2 Å². The number of nitrogen functional groups attached to an aromatic ring is 2. The molecule has 0 amide bonds. The van der Waals surface area contributed by atoms with Gasteiger partial charge in [-0.3, -0.25) is 0 Å². The number of rotatable bonds is 3. The lowest BCUT2D eigenvalue weighted by Gasteiger charge is -2.09. The third-order valence-corrected chi connectivity index (χ3v) is 3.23. The van der Waals surface area contributed by atoms with E-state index >= 15 is 0 Å². The number of aromatic nitrogens is 2. The third-order valence-electron chi connectivity index (χ3n) is 3.23. The van der Waals surface area contributed by atoms with Crippen LogP contribution in [0.5, 0.6) is 11.5 Å². The maximum atomic E-state index is 13.2. The highest BCUT2D eigenvalue weighted by Gasteiger charge is 2.13. The fourth-order valence-corrected chi connectivity index (χ4v) is 2.16. The molecular formula is C17H12FN5O. The first kappa shape index (κ1) is 15.2. The summed E-state index contributed by atoms with van der Waals surface area (Å²) in [6, 6.07) is 14.6. The van der Waals surface area contributed by atoms with Crippen LogP contribution in [0.1, 0.15) is 5.56 Å². The number of hydrogen-bond donors (Lipinski definition) is 2. The minimum atomic E-state index is -0.380. The van der Waals surface area contributed by atoms with Crippen LogP contribution in [0.25, 0.3) is 11.3 Å². The molecule has 3 aromatic rings. The Morgan fingerprint density at radius 1 is 1.00 bits per heavy atom. The number of hydrogen-bond acceptors (Lipinski definition) is 6. The van der Waals surface area contributed by atoms with Gasteiger partial charge in [-0.05, 0) is 36.4 Å². The number of nitrogens with two attached hydrogens (primary N) is 2. The van der Waals surface area contributed by atoms with Crippen molar-refractivity contribution in [2.75, 3.05) is 11.5 Å². The predicted molar refractivity (Wildman–Crippen MR) is 87.5 cm³/mol. The summed E-state index contributed by atoms with van der Waals surface area (Å²) in [6.07, 6.45) is 0. The van der Waals surface area contributed by atoms with Gasteiger partial charge in [0.25, 0.3) is 0 Å². The molecular weight excluding hydrogens is 309 g/mol. The van der Waals surface area contributed by atoms with Gasteiger partial charge in [0.05, 0.1) is 5.69 Å². The maximum absolute atomic E-state index is 13.2. The Labute approximate surface area is 137 Å². The van der Waals surface area contributed by atoms with Crippen LogP contribution in [0.15, 0.2) is 48.5 Å². The molecule has 0 bridgehead atoms. The van der Waals surface area contributed by atoms with Gasteiger partial charge in [-0.2, -0.15) is 10.2 Å². The van der Waals surface area contributed by atoms with Crippen LogP contribution in [0.2, 0.25) is 0 Å². The fraction of sp³-hybridized carbons (Fsp3) is 0. The van der Waals surface area contributed by atoms with Gasteiger partial charge in [0.15, 0.2) is 0 Å². The zero-order valence-corrected chi connectivity index (χ0v) is 12.4. The quantitative estimate of drug-likeness (QED) is 0.766. The minimum absolute atomic E-state index is 0.0124. The van der Waals surface area contributed by atoms with Crippen molar-refractivity contribution in [1.82, 2.24) is 9.97 Å². The van der Waals surface area contributed by atoms with Crippen molar-refractivity contribution in [3.8, 4) is 28.8 Å². The van der Waals surface area contributed by atoms with E-state index in [0.29, 0.717) is 22.8 Å². The predicted octanol–water partition coefficient (Wildman–Crippen LogP) is 3.11. The van der Waals surface area contributed by atoms with Gasteiger partial charge in [0.1, 0.15) is 34.8 Å². The smallest absolute Gasteiger partial charge is 0.222 e. The first-order valence-corrected chi connectivity index (χ1v) is 6.94. The molecule has 0 fully saturated rings. The highest BCUT2D eigenvalue weighted by molar-refractivity contribution is 5.73. The second kappa shape index (κ2) is 6.22. The Morgan fingerprint density at radius 3 is 2.42 bits per heavy atom. The molecule has 7 heteroatoms. The first-order valence-electron chi connectivity index (χ1n) is 6.94. The van der Waals surface area contributed by atoms with Crippen molar-refractivity contribution < 1.29 is 9.13 Å². The summed E-state index contributed by atoms with van der Waals surface area (Å²) >= 11 is 0. The number of halogens is 1. The maximum Gasteiger partial charge on any atom is 0.222 e. The second-order valence-corrected chi connectivity index (χ2v) is 4.89. The molecule has 0 aliphatic heterocycles. The standard InChI is InChI=1S/C17H12FN5O/c18-11-2-1-3-13(8-11)24-12-6-4-10(5-7-12)15-14(9-19)16(20)23-17(21)22-15/h1-8H,(H4,20,21,22,23). The van der Waals surface area contributed by atoms with Crippen molar-refractivity contribution in [2.24, 2.45) is 0 Å². The zero-order chi connectivity index (χ0) is 17.1. The van der Waals surface area contributed by atoms with Gasteiger partial charge >= 0.3 is 0 Å². The fourth-order valence-electron chi connectivity index (χ4n) is 2.16. The van der Waals surface area contributed by atoms with E-state index in [2.05, 4.69) is 9.97 Å². The third kappa shape index (κ3) is 3.08. The molecule has 2 aromatic carbocycles. The number of benzene rings is 2. The molecule has 0 unspecified atom stereocenters. The van der Waals surface area contributed by atoms with E-state index in [-0.39, 0.29) is 23.1 Å². The van der Waals surface area contributed by atoms with Crippen LogP contribution in [0.4, 0.5) is 16.2 Å². The molecule has 3 rings (SSSR count). The van der Waals surface area contributed by atoms with Crippen molar-refractivity contribution in [3.05, 3.63) is 59.9 Å². The Morgan fingerprint density at radius 2 is 1.75 bits per heavy atom. The van der Waals surface area contributed by atoms with Gasteiger partial charge < -0.3 is 16.2 Å². The molecule has 0 atom stereocenters. The van der Waals surface area contributed by atoms with Crippen molar-refractivity contribution in [1.29, 1.82) is 5.26 Å². The summed E-state index contributed by atoms with van der Waals surface area (Å²) in [6.45, 7) is 0. The lowest BCUT2D eigenvalue weighted by atomic mass is 10.1. The summed E-state index contributed by atoms with van der Waals surface area (Å²) in [4.78, 5) is 7.85. The van der Waals surface area contributed by atoms with E-state index in [1.807, 2.05) is 6.07 Å². The highest BCUT2D eigenvalue weighted by Crippen LogP contribution is 2.28. The number of nitrogens with zero attached hydrogens (tertiary/aromatic N) is 3. The molecule has 4 N–H and O–H groups in total. The molecule has 1 aromatic heterocycles. The molecule has 6 nitrogen and oxygen atoms in total. The first-order chi connectivity index (χ1) is 11.6. The average molecular weight is 321 g/mol. The van der Waals surface area contributed by atoms with Gasteiger partial charge in [-0.25, -0.2) is 9.37 Å². The summed E-state index contributed by atoms with van der Waals surface area (Å²) in [5.74, 6) is 0.533. The summed E-state index contributed by atoms with van der Waals surface area (Å²) in [7, 11) is 0. The second-order valence-electron chi connectivity index (χ2n) is 4.89. The van der Waals surface area contributed by atoms with Gasteiger partial charge in [0.2, 0.25) is 5.95 Å². The van der Waals surface area contributed by atoms with E-state index in [1.54, 1.807) is 36.4 Å². The number of ether oxygens (including phenoxy) is 1. The van der Waals surface area contributed by atoms with Crippen LogP contribution < -0.4 is 16.2 Å². The van der Waals surface area contributed by atoms with Crippen LogP contribution in [0.3, 0.4) is 0 Å². The molecule has 118 valence electrons. The van der Waals surface area contributed by atoms with Crippen LogP contribution in [0, 0.1) is 17.1 Å². The van der Waals surface area contributed by atoms with Gasteiger partial charge in [-0.15, -0.1) is 0 Å². The largest absolute Gasteiger partial charge is 0.457 e. The number of anilines is 2. The lowest BCUT2D eigenvalue weighted by Crippen LogP contribution is -2.04. The molecule has 1 heterocycles. The van der Waals surface area contributed by atoms with E-state index < -0.39 is 0 Å². The van der Waals surface area contributed by atoms with Crippen LogP contribution >= 0.6 is 0 Å². The van der Waals surface area contributed by atoms with Crippen molar-refractivity contribution in [3.63, 3.8) is 0 Å². The Kier molecular flexibility index (Phi) is 3.95. The SMILES string of the molecule is N#Cc1c(N)nc(N)nc1-c1ccc(Oc2cccc(F)c2)cc1. The topological polar surface area (TPSA) is 111 Å². The Balaban J connectivity index is 1.92. The lowest BCUT2D eigenvalue weighted by molar-refractivity contribution is 0.477. The average Bonchev–Trinajstić information content (AvgIpc) is 2.55. The Bertz CT molecular complexity index is 935. The molecule has 0 saturated heterocycles. The molecule has 0 radical (unpaired) electrons. The molecule has 0 aliphatic carbocycles. The van der Waals surface area contributed by atoms with E-state index in [0.717, 1.165) is 0 Å². The monoisotopic (exact) mass is 321 g/mol. The van der Waals surface area contributed by atoms with Crippen molar-refractivity contribution >= 4 is 11.8 Å².